The van der Waals surface area contributed by atoms with E-state index in [-0.39, 0.29) is 0 Å². The number of rotatable bonds is 2. The number of ether oxygens (including phenoxy) is 2. The van der Waals surface area contributed by atoms with Gasteiger partial charge in [-0.15, -0.1) is 0 Å². The molecule has 0 spiro atoms. The van der Waals surface area contributed by atoms with Crippen LogP contribution in [0.5, 0.6) is 5.75 Å². The first-order valence-electron chi connectivity index (χ1n) is 4.68. The normalized spacial score (nSPS) is 21.1. The van der Waals surface area contributed by atoms with Crippen LogP contribution in [-0.2, 0) is 4.74 Å². The molecular formula is C10H14N2O2. The zero-order valence-corrected chi connectivity index (χ0v) is 8.19. The van der Waals surface area contributed by atoms with E-state index in [1.807, 2.05) is 0 Å². The van der Waals surface area contributed by atoms with Crippen LogP contribution in [-0.4, -0.2) is 25.3 Å². The van der Waals surface area contributed by atoms with Crippen molar-refractivity contribution in [1.82, 2.24) is 4.98 Å². The second-order valence-corrected chi connectivity index (χ2v) is 3.42. The van der Waals surface area contributed by atoms with E-state index in [4.69, 9.17) is 15.2 Å². The predicted octanol–water partition coefficient (Wildman–Crippen LogP) is 1.18. The maximum atomic E-state index is 5.63. The summed E-state index contributed by atoms with van der Waals surface area (Å²) in [6.45, 7) is 1.53. The zero-order chi connectivity index (χ0) is 9.97. The Morgan fingerprint density at radius 1 is 1.64 bits per heavy atom. The van der Waals surface area contributed by atoms with Crippen molar-refractivity contribution in [3.63, 3.8) is 0 Å². The summed E-state index contributed by atoms with van der Waals surface area (Å²) < 4.78 is 10.6. The highest BCUT2D eigenvalue weighted by atomic mass is 16.5. The Hall–Kier alpha value is -1.29. The monoisotopic (exact) mass is 194 g/mol. The SMILES string of the molecule is COc1cc(N)cnc1C1CCOC1. The van der Waals surface area contributed by atoms with E-state index in [0.29, 0.717) is 11.6 Å². The summed E-state index contributed by atoms with van der Waals surface area (Å²) in [4.78, 5) is 4.30. The minimum absolute atomic E-state index is 0.352. The first kappa shape index (κ1) is 9.27. The van der Waals surface area contributed by atoms with Crippen LogP contribution < -0.4 is 10.5 Å². The Morgan fingerprint density at radius 3 is 3.14 bits per heavy atom. The van der Waals surface area contributed by atoms with Gasteiger partial charge in [0, 0.05) is 18.6 Å². The van der Waals surface area contributed by atoms with Gasteiger partial charge in [-0.2, -0.15) is 0 Å². The quantitative estimate of drug-likeness (QED) is 0.768. The highest BCUT2D eigenvalue weighted by Gasteiger charge is 2.22. The molecule has 1 aromatic heterocycles. The highest BCUT2D eigenvalue weighted by molar-refractivity contribution is 5.45. The second kappa shape index (κ2) is 3.84. The summed E-state index contributed by atoms with van der Waals surface area (Å²) in [5.74, 6) is 1.12. The van der Waals surface area contributed by atoms with Gasteiger partial charge in [-0.1, -0.05) is 0 Å². The van der Waals surface area contributed by atoms with Gasteiger partial charge in [-0.05, 0) is 6.42 Å². The third kappa shape index (κ3) is 1.65. The molecule has 2 rings (SSSR count). The number of hydrogen-bond donors (Lipinski definition) is 1. The number of anilines is 1. The van der Waals surface area contributed by atoms with Gasteiger partial charge in [-0.3, -0.25) is 4.98 Å². The molecule has 4 heteroatoms. The molecule has 1 unspecified atom stereocenters. The maximum absolute atomic E-state index is 5.63. The summed E-state index contributed by atoms with van der Waals surface area (Å²) in [6, 6.07) is 1.81. The maximum Gasteiger partial charge on any atom is 0.142 e. The average Bonchev–Trinajstić information content (AvgIpc) is 2.70. The molecule has 1 atom stereocenters. The first-order chi connectivity index (χ1) is 6.81. The van der Waals surface area contributed by atoms with Crippen molar-refractivity contribution < 1.29 is 9.47 Å². The predicted molar refractivity (Wildman–Crippen MR) is 53.4 cm³/mol. The van der Waals surface area contributed by atoms with Gasteiger partial charge in [0.05, 0.1) is 31.3 Å². The molecule has 4 nitrogen and oxygen atoms in total. The van der Waals surface area contributed by atoms with Crippen LogP contribution >= 0.6 is 0 Å². The molecular weight excluding hydrogens is 180 g/mol. The fraction of sp³-hybridized carbons (Fsp3) is 0.500. The molecule has 1 saturated heterocycles. The smallest absolute Gasteiger partial charge is 0.142 e. The van der Waals surface area contributed by atoms with Crippen molar-refractivity contribution >= 4 is 5.69 Å². The van der Waals surface area contributed by atoms with Gasteiger partial charge in [0.25, 0.3) is 0 Å². The number of nitrogen functional groups attached to an aromatic ring is 1. The Kier molecular flexibility index (Phi) is 2.54. The number of nitrogens with zero attached hydrogens (tertiary/aromatic N) is 1. The Bertz CT molecular complexity index is 322. The molecule has 0 radical (unpaired) electrons. The third-order valence-corrected chi connectivity index (χ3v) is 2.44. The van der Waals surface area contributed by atoms with Crippen LogP contribution in [0.4, 0.5) is 5.69 Å². The van der Waals surface area contributed by atoms with Crippen LogP contribution in [0.25, 0.3) is 0 Å². The fourth-order valence-corrected chi connectivity index (χ4v) is 1.69. The largest absolute Gasteiger partial charge is 0.495 e. The van der Waals surface area contributed by atoms with Gasteiger partial charge < -0.3 is 15.2 Å². The lowest BCUT2D eigenvalue weighted by Crippen LogP contribution is -2.04. The molecule has 14 heavy (non-hydrogen) atoms. The molecule has 1 aromatic rings. The van der Waals surface area contributed by atoms with E-state index in [1.165, 1.54) is 0 Å². The number of nitrogens with two attached hydrogens (primary N) is 1. The number of pyridine rings is 1. The Labute approximate surface area is 83.0 Å². The third-order valence-electron chi connectivity index (χ3n) is 2.44. The number of hydrogen-bond acceptors (Lipinski definition) is 4. The van der Waals surface area contributed by atoms with Crippen LogP contribution in [0.2, 0.25) is 0 Å². The molecule has 1 aliphatic heterocycles. The topological polar surface area (TPSA) is 57.4 Å². The zero-order valence-electron chi connectivity index (χ0n) is 8.19. The number of methoxy groups -OCH3 is 1. The van der Waals surface area contributed by atoms with Gasteiger partial charge in [-0.25, -0.2) is 0 Å². The van der Waals surface area contributed by atoms with E-state index in [2.05, 4.69) is 4.98 Å². The molecule has 1 aliphatic rings. The molecule has 76 valence electrons. The Morgan fingerprint density at radius 2 is 2.50 bits per heavy atom. The summed E-state index contributed by atoms with van der Waals surface area (Å²) in [7, 11) is 1.63. The van der Waals surface area contributed by atoms with Crippen molar-refractivity contribution in [3.8, 4) is 5.75 Å². The van der Waals surface area contributed by atoms with Crippen molar-refractivity contribution in [2.45, 2.75) is 12.3 Å². The van der Waals surface area contributed by atoms with Crippen LogP contribution in [0, 0.1) is 0 Å². The molecule has 0 bridgehead atoms. The summed E-state index contributed by atoms with van der Waals surface area (Å²) in [5.41, 5.74) is 7.21. The Balaban J connectivity index is 2.31. The molecule has 0 aromatic carbocycles. The average molecular weight is 194 g/mol. The van der Waals surface area contributed by atoms with Gasteiger partial charge in [0.2, 0.25) is 0 Å². The molecule has 2 N–H and O–H groups in total. The van der Waals surface area contributed by atoms with Gasteiger partial charge in [0.1, 0.15) is 5.75 Å². The van der Waals surface area contributed by atoms with E-state index in [9.17, 15) is 0 Å². The molecule has 1 fully saturated rings. The lowest BCUT2D eigenvalue weighted by Gasteiger charge is -2.12. The van der Waals surface area contributed by atoms with E-state index in [1.54, 1.807) is 19.4 Å². The second-order valence-electron chi connectivity index (χ2n) is 3.42. The molecule has 0 saturated carbocycles. The van der Waals surface area contributed by atoms with Gasteiger partial charge >= 0.3 is 0 Å². The van der Waals surface area contributed by atoms with E-state index in [0.717, 1.165) is 31.1 Å². The minimum Gasteiger partial charge on any atom is -0.495 e. The lowest BCUT2D eigenvalue weighted by atomic mass is 10.0. The minimum atomic E-state index is 0.352. The standard InChI is InChI=1S/C10H14N2O2/c1-13-9-4-8(11)5-12-10(9)7-2-3-14-6-7/h4-5,7H,2-3,6,11H2,1H3. The summed E-state index contributed by atoms with van der Waals surface area (Å²) in [6.07, 6.45) is 2.67. The van der Waals surface area contributed by atoms with Crippen LogP contribution in [0.1, 0.15) is 18.0 Å². The number of aromatic nitrogens is 1. The van der Waals surface area contributed by atoms with Crippen molar-refractivity contribution in [2.75, 3.05) is 26.1 Å². The summed E-state index contributed by atoms with van der Waals surface area (Å²) >= 11 is 0. The molecule has 2 heterocycles. The fourth-order valence-electron chi connectivity index (χ4n) is 1.69. The van der Waals surface area contributed by atoms with Crippen LogP contribution in [0.15, 0.2) is 12.3 Å². The lowest BCUT2D eigenvalue weighted by molar-refractivity contribution is 0.193. The first-order valence-corrected chi connectivity index (χ1v) is 4.68. The van der Waals surface area contributed by atoms with E-state index >= 15 is 0 Å². The van der Waals surface area contributed by atoms with Crippen molar-refractivity contribution in [3.05, 3.63) is 18.0 Å². The van der Waals surface area contributed by atoms with Crippen molar-refractivity contribution in [1.29, 1.82) is 0 Å². The summed E-state index contributed by atoms with van der Waals surface area (Å²) in [5, 5.41) is 0. The van der Waals surface area contributed by atoms with Crippen LogP contribution in [0.3, 0.4) is 0 Å². The highest BCUT2D eigenvalue weighted by Crippen LogP contribution is 2.31. The van der Waals surface area contributed by atoms with Crippen molar-refractivity contribution in [2.24, 2.45) is 0 Å². The molecule has 0 amide bonds. The van der Waals surface area contributed by atoms with E-state index < -0.39 is 0 Å². The van der Waals surface area contributed by atoms with Gasteiger partial charge in [0.15, 0.2) is 0 Å². The molecule has 0 aliphatic carbocycles.